The van der Waals surface area contributed by atoms with Gasteiger partial charge in [0.1, 0.15) is 5.82 Å². The number of nitrogens with one attached hydrogen (secondary N) is 1. The van der Waals surface area contributed by atoms with E-state index in [-0.39, 0.29) is 5.91 Å². The number of nitrogens with two attached hydrogens (primary N) is 1. The highest BCUT2D eigenvalue weighted by Crippen LogP contribution is 2.20. The molecule has 2 aromatic rings. The van der Waals surface area contributed by atoms with E-state index in [4.69, 9.17) is 5.73 Å². The predicted molar refractivity (Wildman–Crippen MR) is 79.3 cm³/mol. The van der Waals surface area contributed by atoms with Crippen molar-refractivity contribution in [1.82, 2.24) is 0 Å². The van der Waals surface area contributed by atoms with Gasteiger partial charge in [0.15, 0.2) is 0 Å². The zero-order valence-electron chi connectivity index (χ0n) is 11.5. The van der Waals surface area contributed by atoms with Crippen molar-refractivity contribution in [2.24, 2.45) is 0 Å². The summed E-state index contributed by atoms with van der Waals surface area (Å²) in [5.41, 5.74) is 9.21. The van der Waals surface area contributed by atoms with E-state index in [1.54, 1.807) is 25.1 Å². The minimum absolute atomic E-state index is 0.322. The molecule has 0 atom stereocenters. The van der Waals surface area contributed by atoms with E-state index in [9.17, 15) is 9.18 Å². The second-order valence-electron chi connectivity index (χ2n) is 4.68. The summed E-state index contributed by atoms with van der Waals surface area (Å²) in [6.45, 7) is 3.78. The van der Waals surface area contributed by atoms with Crippen molar-refractivity contribution >= 4 is 17.3 Å². The summed E-state index contributed by atoms with van der Waals surface area (Å²) in [6, 6.07) is 9.53. The minimum atomic E-state index is -0.429. The highest BCUT2D eigenvalue weighted by molar-refractivity contribution is 6.05. The van der Waals surface area contributed by atoms with E-state index in [2.05, 4.69) is 5.32 Å². The maximum absolute atomic E-state index is 13.2. The zero-order valence-corrected chi connectivity index (χ0v) is 11.5. The number of aryl methyl sites for hydroxylation is 2. The van der Waals surface area contributed by atoms with Crippen LogP contribution in [-0.4, -0.2) is 5.91 Å². The van der Waals surface area contributed by atoms with Gasteiger partial charge < -0.3 is 11.1 Å². The van der Waals surface area contributed by atoms with Crippen LogP contribution in [0, 0.1) is 12.7 Å². The van der Waals surface area contributed by atoms with Gasteiger partial charge in [-0.15, -0.1) is 0 Å². The fourth-order valence-electron chi connectivity index (χ4n) is 2.03. The first kappa shape index (κ1) is 14.1. The van der Waals surface area contributed by atoms with Gasteiger partial charge in [-0.2, -0.15) is 0 Å². The Morgan fingerprint density at radius 1 is 1.25 bits per heavy atom. The monoisotopic (exact) mass is 272 g/mol. The molecule has 0 aliphatic heterocycles. The lowest BCUT2D eigenvalue weighted by molar-refractivity contribution is 0.102. The largest absolute Gasteiger partial charge is 0.398 e. The molecule has 0 aliphatic rings. The van der Waals surface area contributed by atoms with Crippen molar-refractivity contribution in [3.05, 3.63) is 58.9 Å². The maximum Gasteiger partial charge on any atom is 0.256 e. The smallest absolute Gasteiger partial charge is 0.256 e. The Balaban J connectivity index is 2.23. The number of benzene rings is 2. The van der Waals surface area contributed by atoms with Crippen molar-refractivity contribution in [3.8, 4) is 0 Å². The Hall–Kier alpha value is -2.36. The molecule has 4 heteroatoms. The molecule has 0 aromatic heterocycles. The Morgan fingerprint density at radius 3 is 2.65 bits per heavy atom. The molecule has 0 saturated heterocycles. The summed E-state index contributed by atoms with van der Waals surface area (Å²) in [6.07, 6.45) is 0.836. The van der Waals surface area contributed by atoms with Crippen molar-refractivity contribution in [1.29, 1.82) is 0 Å². The molecule has 20 heavy (non-hydrogen) atoms. The van der Waals surface area contributed by atoms with E-state index in [0.717, 1.165) is 17.5 Å². The quantitative estimate of drug-likeness (QED) is 0.840. The van der Waals surface area contributed by atoms with Crippen molar-refractivity contribution in [3.63, 3.8) is 0 Å². The Labute approximate surface area is 117 Å². The average molecular weight is 272 g/mol. The number of anilines is 2. The van der Waals surface area contributed by atoms with Gasteiger partial charge in [-0.05, 0) is 48.7 Å². The van der Waals surface area contributed by atoms with Gasteiger partial charge in [-0.1, -0.05) is 19.1 Å². The number of hydrogen-bond donors (Lipinski definition) is 2. The molecule has 0 radical (unpaired) electrons. The van der Waals surface area contributed by atoms with Gasteiger partial charge >= 0.3 is 0 Å². The Bertz CT molecular complexity index is 653. The number of hydrogen-bond acceptors (Lipinski definition) is 2. The third-order valence-corrected chi connectivity index (χ3v) is 3.23. The molecule has 1 amide bonds. The van der Waals surface area contributed by atoms with E-state index >= 15 is 0 Å². The average Bonchev–Trinajstić information content (AvgIpc) is 2.41. The Morgan fingerprint density at radius 2 is 2.00 bits per heavy atom. The molecule has 0 spiro atoms. The summed E-state index contributed by atoms with van der Waals surface area (Å²) in [5.74, 6) is -0.771. The van der Waals surface area contributed by atoms with Gasteiger partial charge in [-0.25, -0.2) is 4.39 Å². The topological polar surface area (TPSA) is 55.1 Å². The summed E-state index contributed by atoms with van der Waals surface area (Å²) in [5, 5.41) is 2.73. The number of carbonyl (C=O) groups excluding carboxylic acids is 1. The molecule has 0 heterocycles. The van der Waals surface area contributed by atoms with Gasteiger partial charge in [0, 0.05) is 16.9 Å². The third-order valence-electron chi connectivity index (χ3n) is 3.23. The van der Waals surface area contributed by atoms with Crippen LogP contribution in [0.25, 0.3) is 0 Å². The molecule has 3 nitrogen and oxygen atoms in total. The maximum atomic E-state index is 13.2. The molecular formula is C16H17FN2O. The van der Waals surface area contributed by atoms with Crippen molar-refractivity contribution in [2.45, 2.75) is 20.3 Å². The van der Waals surface area contributed by atoms with Crippen LogP contribution in [0.4, 0.5) is 15.8 Å². The van der Waals surface area contributed by atoms with E-state index < -0.39 is 5.82 Å². The van der Waals surface area contributed by atoms with Crippen LogP contribution in [-0.2, 0) is 6.42 Å². The predicted octanol–water partition coefficient (Wildman–Crippen LogP) is 3.53. The second kappa shape index (κ2) is 5.74. The molecular weight excluding hydrogens is 255 g/mol. The van der Waals surface area contributed by atoms with E-state index in [1.165, 1.54) is 12.1 Å². The van der Waals surface area contributed by atoms with Crippen molar-refractivity contribution in [2.75, 3.05) is 11.1 Å². The van der Waals surface area contributed by atoms with Crippen molar-refractivity contribution < 1.29 is 9.18 Å². The highest BCUT2D eigenvalue weighted by atomic mass is 19.1. The van der Waals surface area contributed by atoms with Crippen LogP contribution in [0.1, 0.15) is 28.4 Å². The number of rotatable bonds is 3. The van der Waals surface area contributed by atoms with E-state index in [1.807, 2.05) is 13.0 Å². The highest BCUT2D eigenvalue weighted by Gasteiger charge is 2.11. The zero-order chi connectivity index (χ0) is 14.7. The first-order chi connectivity index (χ1) is 9.51. The van der Waals surface area contributed by atoms with Crippen LogP contribution >= 0.6 is 0 Å². The standard InChI is InChI=1S/C16H17FN2O/c1-3-11-5-7-13(9-15(11)18)19-16(20)14-8-12(17)6-4-10(14)2/h4-9H,3,18H2,1-2H3,(H,19,20). The molecule has 0 saturated carbocycles. The molecule has 3 N–H and O–H groups in total. The summed E-state index contributed by atoms with van der Waals surface area (Å²) < 4.78 is 13.2. The third kappa shape index (κ3) is 2.96. The van der Waals surface area contributed by atoms with Crippen LogP contribution in [0.2, 0.25) is 0 Å². The molecule has 0 fully saturated rings. The number of nitrogen functional groups attached to an aromatic ring is 1. The summed E-state index contributed by atoms with van der Waals surface area (Å²) in [4.78, 5) is 12.1. The van der Waals surface area contributed by atoms with Gasteiger partial charge in [0.05, 0.1) is 0 Å². The van der Waals surface area contributed by atoms with Crippen LogP contribution in [0.3, 0.4) is 0 Å². The lowest BCUT2D eigenvalue weighted by atomic mass is 10.1. The first-order valence-electron chi connectivity index (χ1n) is 6.47. The van der Waals surface area contributed by atoms with Gasteiger partial charge in [0.25, 0.3) is 5.91 Å². The molecule has 0 unspecified atom stereocenters. The fraction of sp³-hybridized carbons (Fsp3) is 0.188. The second-order valence-corrected chi connectivity index (χ2v) is 4.68. The molecule has 104 valence electrons. The van der Waals surface area contributed by atoms with Gasteiger partial charge in [0.2, 0.25) is 0 Å². The first-order valence-corrected chi connectivity index (χ1v) is 6.47. The molecule has 2 rings (SSSR count). The van der Waals surface area contributed by atoms with Crippen LogP contribution in [0.15, 0.2) is 36.4 Å². The SMILES string of the molecule is CCc1ccc(NC(=O)c2cc(F)ccc2C)cc1N. The number of carbonyl (C=O) groups is 1. The number of halogens is 1. The summed E-state index contributed by atoms with van der Waals surface area (Å²) >= 11 is 0. The molecule has 0 bridgehead atoms. The summed E-state index contributed by atoms with van der Waals surface area (Å²) in [7, 11) is 0. The Kier molecular flexibility index (Phi) is 4.03. The number of amides is 1. The molecule has 0 aliphatic carbocycles. The molecule has 2 aromatic carbocycles. The normalized spacial score (nSPS) is 10.3. The van der Waals surface area contributed by atoms with E-state index in [0.29, 0.717) is 16.9 Å². The van der Waals surface area contributed by atoms with Crippen LogP contribution in [0.5, 0.6) is 0 Å². The lowest BCUT2D eigenvalue weighted by Gasteiger charge is -2.10. The van der Waals surface area contributed by atoms with Gasteiger partial charge in [-0.3, -0.25) is 4.79 Å². The lowest BCUT2D eigenvalue weighted by Crippen LogP contribution is -2.14. The minimum Gasteiger partial charge on any atom is -0.398 e. The van der Waals surface area contributed by atoms with Crippen LogP contribution < -0.4 is 11.1 Å². The fourth-order valence-corrected chi connectivity index (χ4v) is 2.03.